The van der Waals surface area contributed by atoms with Crippen molar-refractivity contribution in [2.24, 2.45) is 4.99 Å². The fraction of sp³-hybridized carbons (Fsp3) is 0.259. The van der Waals surface area contributed by atoms with Gasteiger partial charge in [0, 0.05) is 27.4 Å². The van der Waals surface area contributed by atoms with Gasteiger partial charge in [0.25, 0.3) is 0 Å². The molecule has 0 amide bonds. The minimum Gasteiger partial charge on any atom is -0.493 e. The highest BCUT2D eigenvalue weighted by atomic mass is 79.9. The summed E-state index contributed by atoms with van der Waals surface area (Å²) in [5, 5.41) is 1.97. The van der Waals surface area contributed by atoms with E-state index in [1.807, 2.05) is 66.0 Å². The summed E-state index contributed by atoms with van der Waals surface area (Å²) in [5.41, 5.74) is 3.58. The van der Waals surface area contributed by atoms with E-state index in [-0.39, 0.29) is 18.6 Å². The Hall–Kier alpha value is -3.36. The Bertz CT molecular complexity index is 1140. The monoisotopic (exact) mass is 541 g/mol. The van der Waals surface area contributed by atoms with Crippen LogP contribution in [-0.4, -0.2) is 46.7 Å². The van der Waals surface area contributed by atoms with Crippen molar-refractivity contribution in [2.45, 2.75) is 13.0 Å². The molecule has 35 heavy (non-hydrogen) atoms. The summed E-state index contributed by atoms with van der Waals surface area (Å²) in [6, 6.07) is 19.5. The fourth-order valence-corrected chi connectivity index (χ4v) is 4.13. The van der Waals surface area contributed by atoms with E-state index in [0.29, 0.717) is 23.9 Å². The van der Waals surface area contributed by atoms with Gasteiger partial charge in [-0.25, -0.2) is 4.79 Å². The van der Waals surface area contributed by atoms with Gasteiger partial charge in [0.2, 0.25) is 5.75 Å². The summed E-state index contributed by atoms with van der Waals surface area (Å²) in [7, 11) is 4.72. The van der Waals surface area contributed by atoms with Crippen molar-refractivity contribution in [3.05, 3.63) is 81.8 Å². The SMILES string of the molecule is CCOC(=O)C[NH2+]C(c1ccccc1)c1cc(Br)ccc1N=Cc1cc(OC)c(OC)c(OC)c1. The smallest absolute Gasteiger partial charge is 0.361 e. The molecule has 184 valence electrons. The predicted molar refractivity (Wildman–Crippen MR) is 139 cm³/mol. The van der Waals surface area contributed by atoms with Crippen LogP contribution in [0.25, 0.3) is 0 Å². The molecule has 0 aliphatic heterocycles. The Balaban J connectivity index is 2.02. The van der Waals surface area contributed by atoms with Crippen molar-refractivity contribution in [1.82, 2.24) is 0 Å². The molecular weight excluding hydrogens is 512 g/mol. The Morgan fingerprint density at radius 2 is 1.69 bits per heavy atom. The van der Waals surface area contributed by atoms with E-state index in [2.05, 4.69) is 15.9 Å². The molecule has 0 heterocycles. The van der Waals surface area contributed by atoms with Crippen LogP contribution in [0.3, 0.4) is 0 Å². The van der Waals surface area contributed by atoms with Crippen molar-refractivity contribution < 1.29 is 29.1 Å². The van der Waals surface area contributed by atoms with Gasteiger partial charge < -0.3 is 24.3 Å². The van der Waals surface area contributed by atoms with Crippen molar-refractivity contribution in [2.75, 3.05) is 34.5 Å². The predicted octanol–water partition coefficient (Wildman–Crippen LogP) is 4.44. The van der Waals surface area contributed by atoms with Gasteiger partial charge in [-0.1, -0.05) is 46.3 Å². The molecule has 0 saturated heterocycles. The number of halogens is 1. The zero-order valence-electron chi connectivity index (χ0n) is 20.3. The zero-order valence-corrected chi connectivity index (χ0v) is 21.9. The second-order valence-electron chi connectivity index (χ2n) is 7.55. The number of methoxy groups -OCH3 is 3. The first kappa shape index (κ1) is 26.2. The van der Waals surface area contributed by atoms with Crippen LogP contribution in [0.4, 0.5) is 5.69 Å². The molecule has 0 radical (unpaired) electrons. The molecular formula is C27H30BrN2O5+. The molecule has 1 atom stereocenters. The van der Waals surface area contributed by atoms with Gasteiger partial charge in [-0.15, -0.1) is 0 Å². The van der Waals surface area contributed by atoms with E-state index < -0.39 is 0 Å². The van der Waals surface area contributed by atoms with Gasteiger partial charge in [-0.05, 0) is 37.3 Å². The molecule has 0 saturated carbocycles. The van der Waals surface area contributed by atoms with Crippen LogP contribution in [-0.2, 0) is 9.53 Å². The van der Waals surface area contributed by atoms with E-state index in [1.54, 1.807) is 34.5 Å². The molecule has 2 N–H and O–H groups in total. The van der Waals surface area contributed by atoms with Crippen molar-refractivity contribution in [3.8, 4) is 17.2 Å². The second kappa shape index (κ2) is 12.9. The van der Waals surface area contributed by atoms with Crippen LogP contribution < -0.4 is 19.5 Å². The lowest BCUT2D eigenvalue weighted by Crippen LogP contribution is -2.87. The third kappa shape index (κ3) is 6.83. The molecule has 0 aliphatic carbocycles. The molecule has 7 nitrogen and oxygen atoms in total. The molecule has 8 heteroatoms. The van der Waals surface area contributed by atoms with E-state index in [9.17, 15) is 4.79 Å². The number of nitrogens with zero attached hydrogens (tertiary/aromatic N) is 1. The van der Waals surface area contributed by atoms with Gasteiger partial charge in [-0.3, -0.25) is 4.99 Å². The van der Waals surface area contributed by atoms with Crippen molar-refractivity contribution in [3.63, 3.8) is 0 Å². The summed E-state index contributed by atoms with van der Waals surface area (Å²) < 4.78 is 22.4. The molecule has 0 fully saturated rings. The normalized spacial score (nSPS) is 11.8. The largest absolute Gasteiger partial charge is 0.493 e. The lowest BCUT2D eigenvalue weighted by Gasteiger charge is -2.18. The third-order valence-corrected chi connectivity index (χ3v) is 5.84. The van der Waals surface area contributed by atoms with Crippen LogP contribution in [0.15, 0.2) is 70.1 Å². The van der Waals surface area contributed by atoms with Gasteiger partial charge >= 0.3 is 5.97 Å². The molecule has 3 aromatic carbocycles. The average Bonchev–Trinajstić information content (AvgIpc) is 2.88. The Kier molecular flexibility index (Phi) is 9.69. The third-order valence-electron chi connectivity index (χ3n) is 5.35. The highest BCUT2D eigenvalue weighted by Gasteiger charge is 2.23. The first-order valence-electron chi connectivity index (χ1n) is 11.2. The molecule has 3 rings (SSSR count). The number of hydrogen-bond donors (Lipinski definition) is 1. The highest BCUT2D eigenvalue weighted by molar-refractivity contribution is 9.10. The highest BCUT2D eigenvalue weighted by Crippen LogP contribution is 2.38. The number of esters is 1. The Morgan fingerprint density at radius 3 is 2.29 bits per heavy atom. The lowest BCUT2D eigenvalue weighted by molar-refractivity contribution is -0.677. The van der Waals surface area contributed by atoms with E-state index in [1.165, 1.54) is 0 Å². The first-order chi connectivity index (χ1) is 17.0. The molecule has 0 aliphatic rings. The fourth-order valence-electron chi connectivity index (χ4n) is 3.75. The number of hydrogen-bond acceptors (Lipinski definition) is 6. The minimum absolute atomic E-state index is 0.162. The topological polar surface area (TPSA) is 83.0 Å². The molecule has 3 aromatic rings. The molecule has 0 aromatic heterocycles. The first-order valence-corrected chi connectivity index (χ1v) is 12.0. The maximum Gasteiger partial charge on any atom is 0.361 e. The number of aliphatic imine (C=N–C) groups is 1. The maximum atomic E-state index is 12.1. The lowest BCUT2D eigenvalue weighted by atomic mass is 9.97. The minimum atomic E-state index is -0.258. The van der Waals surface area contributed by atoms with E-state index in [4.69, 9.17) is 23.9 Å². The Labute approximate surface area is 214 Å². The van der Waals surface area contributed by atoms with Gasteiger partial charge in [-0.2, -0.15) is 0 Å². The molecule has 0 bridgehead atoms. The number of benzene rings is 3. The van der Waals surface area contributed by atoms with Crippen molar-refractivity contribution in [1.29, 1.82) is 0 Å². The second-order valence-corrected chi connectivity index (χ2v) is 8.47. The number of carbonyl (C=O) groups excluding carboxylic acids is 1. The van der Waals surface area contributed by atoms with Crippen LogP contribution in [0.5, 0.6) is 17.2 Å². The number of ether oxygens (including phenoxy) is 4. The standard InChI is InChI=1S/C27H29BrN2O5/c1-5-35-25(31)17-30-26(19-9-7-6-8-10-19)21-15-20(28)11-12-22(21)29-16-18-13-23(32-2)27(34-4)24(14-18)33-3/h6-16,26,30H,5,17H2,1-4H3/p+1. The molecule has 1 unspecified atom stereocenters. The quantitative estimate of drug-likeness (QED) is 0.286. The summed E-state index contributed by atoms with van der Waals surface area (Å²) in [4.78, 5) is 16.9. The van der Waals surface area contributed by atoms with Crippen molar-refractivity contribution >= 4 is 33.8 Å². The van der Waals surface area contributed by atoms with Crippen LogP contribution in [0, 0.1) is 0 Å². The summed E-state index contributed by atoms with van der Waals surface area (Å²) >= 11 is 3.59. The Morgan fingerprint density at radius 1 is 1.00 bits per heavy atom. The van der Waals surface area contributed by atoms with E-state index >= 15 is 0 Å². The molecule has 0 spiro atoms. The van der Waals surface area contributed by atoms with Gasteiger partial charge in [0.1, 0.15) is 6.04 Å². The number of nitrogens with two attached hydrogens (primary N) is 1. The van der Waals surface area contributed by atoms with Crippen LogP contribution >= 0.6 is 15.9 Å². The number of carbonyl (C=O) groups is 1. The average molecular weight is 542 g/mol. The summed E-state index contributed by atoms with van der Waals surface area (Å²) in [5.74, 6) is 1.36. The van der Waals surface area contributed by atoms with Gasteiger partial charge in [0.15, 0.2) is 18.0 Å². The maximum absolute atomic E-state index is 12.1. The van der Waals surface area contributed by atoms with Gasteiger partial charge in [0.05, 0.1) is 33.6 Å². The zero-order chi connectivity index (χ0) is 25.2. The van der Waals surface area contributed by atoms with E-state index in [0.717, 1.165) is 26.9 Å². The van der Waals surface area contributed by atoms with Crippen LogP contribution in [0.2, 0.25) is 0 Å². The summed E-state index contributed by atoms with van der Waals surface area (Å²) in [6.07, 6.45) is 1.75. The number of quaternary nitrogens is 1. The summed E-state index contributed by atoms with van der Waals surface area (Å²) in [6.45, 7) is 2.34. The van der Waals surface area contributed by atoms with Crippen LogP contribution in [0.1, 0.15) is 29.7 Å². The number of rotatable bonds is 11.